The summed E-state index contributed by atoms with van der Waals surface area (Å²) in [4.78, 5) is 6.80. The molecular formula is C10H13N3S. The third kappa shape index (κ3) is 1.85. The highest BCUT2D eigenvalue weighted by molar-refractivity contribution is 7.80. The molecule has 1 aliphatic carbocycles. The lowest BCUT2D eigenvalue weighted by Crippen LogP contribution is -2.20. The Bertz CT molecular complexity index is 343. The Kier molecular flexibility index (Phi) is 2.37. The Morgan fingerprint density at radius 1 is 1.57 bits per heavy atom. The number of hydrogen-bond donors (Lipinski definition) is 1. The second-order valence-corrected chi connectivity index (χ2v) is 4.05. The molecule has 0 radical (unpaired) electrons. The van der Waals surface area contributed by atoms with Gasteiger partial charge in [0.05, 0.1) is 17.6 Å². The molecule has 0 unspecified atom stereocenters. The molecule has 3 nitrogen and oxygen atoms in total. The quantitative estimate of drug-likeness (QED) is 0.759. The third-order valence-corrected chi connectivity index (χ3v) is 2.71. The molecule has 0 aliphatic heterocycles. The fraction of sp³-hybridized carbons (Fsp3) is 0.400. The van der Waals surface area contributed by atoms with E-state index in [1.54, 1.807) is 0 Å². The van der Waals surface area contributed by atoms with E-state index in [4.69, 9.17) is 18.0 Å². The van der Waals surface area contributed by atoms with Crippen molar-refractivity contribution in [3.05, 3.63) is 24.0 Å². The van der Waals surface area contributed by atoms with Crippen LogP contribution in [0.15, 0.2) is 18.3 Å². The Labute approximate surface area is 88.9 Å². The van der Waals surface area contributed by atoms with Crippen molar-refractivity contribution < 1.29 is 0 Å². The van der Waals surface area contributed by atoms with Gasteiger partial charge >= 0.3 is 0 Å². The van der Waals surface area contributed by atoms with Gasteiger partial charge in [0.15, 0.2) is 0 Å². The second-order valence-electron chi connectivity index (χ2n) is 3.61. The summed E-state index contributed by atoms with van der Waals surface area (Å²) in [6, 6.07) is 4.59. The largest absolute Gasteiger partial charge is 0.388 e. The molecule has 0 saturated heterocycles. The van der Waals surface area contributed by atoms with Gasteiger partial charge in [0.25, 0.3) is 0 Å². The molecule has 1 heterocycles. The predicted molar refractivity (Wildman–Crippen MR) is 61.5 cm³/mol. The first-order valence-electron chi connectivity index (χ1n) is 4.67. The number of nitrogens with two attached hydrogens (primary N) is 1. The molecule has 1 aromatic heterocycles. The van der Waals surface area contributed by atoms with Crippen LogP contribution < -0.4 is 10.6 Å². The molecule has 0 spiro atoms. The normalized spacial score (nSPS) is 15.2. The first-order valence-corrected chi connectivity index (χ1v) is 5.08. The van der Waals surface area contributed by atoms with E-state index in [2.05, 4.69) is 16.9 Å². The summed E-state index contributed by atoms with van der Waals surface area (Å²) >= 11 is 4.84. The Morgan fingerprint density at radius 2 is 2.29 bits per heavy atom. The van der Waals surface area contributed by atoms with Crippen LogP contribution in [-0.4, -0.2) is 23.1 Å². The first kappa shape index (κ1) is 9.40. The van der Waals surface area contributed by atoms with E-state index < -0.39 is 0 Å². The van der Waals surface area contributed by atoms with E-state index in [-0.39, 0.29) is 0 Å². The van der Waals surface area contributed by atoms with Crippen molar-refractivity contribution in [3.8, 4) is 0 Å². The van der Waals surface area contributed by atoms with Gasteiger partial charge in [-0.2, -0.15) is 0 Å². The molecule has 0 atom stereocenters. The zero-order chi connectivity index (χ0) is 10.1. The van der Waals surface area contributed by atoms with Crippen LogP contribution in [0.3, 0.4) is 0 Å². The summed E-state index contributed by atoms with van der Waals surface area (Å²) in [6.45, 7) is 0. The van der Waals surface area contributed by atoms with Crippen LogP contribution in [0.2, 0.25) is 0 Å². The SMILES string of the molecule is CN(c1ccc(C(N)=S)nc1)C1CC1. The molecule has 0 aromatic carbocycles. The van der Waals surface area contributed by atoms with Gasteiger partial charge in [-0.1, -0.05) is 12.2 Å². The van der Waals surface area contributed by atoms with Crippen molar-refractivity contribution >= 4 is 22.9 Å². The number of anilines is 1. The first-order chi connectivity index (χ1) is 6.68. The van der Waals surface area contributed by atoms with Gasteiger partial charge in [0.2, 0.25) is 0 Å². The van der Waals surface area contributed by atoms with Crippen LogP contribution in [0.1, 0.15) is 18.5 Å². The summed E-state index contributed by atoms with van der Waals surface area (Å²) in [5, 5.41) is 0. The molecule has 1 saturated carbocycles. The van der Waals surface area contributed by atoms with E-state index in [1.807, 2.05) is 18.3 Å². The van der Waals surface area contributed by atoms with E-state index in [0.29, 0.717) is 16.7 Å². The Morgan fingerprint density at radius 3 is 2.71 bits per heavy atom. The van der Waals surface area contributed by atoms with Crippen molar-refractivity contribution in [3.63, 3.8) is 0 Å². The molecular weight excluding hydrogens is 194 g/mol. The smallest absolute Gasteiger partial charge is 0.122 e. The molecule has 4 heteroatoms. The maximum Gasteiger partial charge on any atom is 0.122 e. The van der Waals surface area contributed by atoms with Gasteiger partial charge in [-0.25, -0.2) is 0 Å². The number of aromatic nitrogens is 1. The number of thiocarbonyl (C=S) groups is 1. The molecule has 1 aliphatic rings. The van der Waals surface area contributed by atoms with Crippen molar-refractivity contribution in [1.82, 2.24) is 4.98 Å². The van der Waals surface area contributed by atoms with Crippen LogP contribution in [0.25, 0.3) is 0 Å². The second kappa shape index (κ2) is 3.53. The van der Waals surface area contributed by atoms with Gasteiger partial charge in [-0.15, -0.1) is 0 Å². The monoisotopic (exact) mass is 207 g/mol. The van der Waals surface area contributed by atoms with E-state index >= 15 is 0 Å². The highest BCUT2D eigenvalue weighted by Crippen LogP contribution is 2.29. The van der Waals surface area contributed by atoms with Gasteiger partial charge in [0.1, 0.15) is 4.99 Å². The summed E-state index contributed by atoms with van der Waals surface area (Å²) in [6.07, 6.45) is 4.40. The molecule has 1 fully saturated rings. The van der Waals surface area contributed by atoms with Crippen LogP contribution in [0.4, 0.5) is 5.69 Å². The molecule has 1 aromatic rings. The topological polar surface area (TPSA) is 42.1 Å². The number of pyridine rings is 1. The maximum atomic E-state index is 5.47. The highest BCUT2D eigenvalue weighted by atomic mass is 32.1. The summed E-state index contributed by atoms with van der Waals surface area (Å²) in [5.74, 6) is 0. The number of hydrogen-bond acceptors (Lipinski definition) is 3. The van der Waals surface area contributed by atoms with Crippen LogP contribution in [-0.2, 0) is 0 Å². The summed E-state index contributed by atoms with van der Waals surface area (Å²) in [7, 11) is 2.09. The Balaban J connectivity index is 2.16. The lowest BCUT2D eigenvalue weighted by Gasteiger charge is -2.17. The van der Waals surface area contributed by atoms with Crippen LogP contribution >= 0.6 is 12.2 Å². The number of rotatable bonds is 3. The van der Waals surface area contributed by atoms with Gasteiger partial charge in [-0.05, 0) is 25.0 Å². The van der Waals surface area contributed by atoms with E-state index in [1.165, 1.54) is 12.8 Å². The molecule has 0 bridgehead atoms. The highest BCUT2D eigenvalue weighted by Gasteiger charge is 2.26. The molecule has 74 valence electrons. The van der Waals surface area contributed by atoms with Crippen molar-refractivity contribution in [2.24, 2.45) is 5.73 Å². The molecule has 2 N–H and O–H groups in total. The van der Waals surface area contributed by atoms with Crippen LogP contribution in [0.5, 0.6) is 0 Å². The van der Waals surface area contributed by atoms with Crippen molar-refractivity contribution in [1.29, 1.82) is 0 Å². The molecule has 2 rings (SSSR count). The van der Waals surface area contributed by atoms with Gasteiger partial charge in [0, 0.05) is 13.1 Å². The minimum atomic E-state index is 0.352. The standard InChI is InChI=1S/C10H13N3S/c1-13(7-2-3-7)8-4-5-9(10(11)14)12-6-8/h4-7H,2-3H2,1H3,(H2,11,14). The van der Waals surface area contributed by atoms with Crippen LogP contribution in [0, 0.1) is 0 Å². The zero-order valence-electron chi connectivity index (χ0n) is 8.10. The number of nitrogens with zero attached hydrogens (tertiary/aromatic N) is 2. The van der Waals surface area contributed by atoms with E-state index in [9.17, 15) is 0 Å². The van der Waals surface area contributed by atoms with E-state index in [0.717, 1.165) is 5.69 Å². The maximum absolute atomic E-state index is 5.47. The van der Waals surface area contributed by atoms with Gasteiger partial charge in [-0.3, -0.25) is 4.98 Å². The average Bonchev–Trinajstić information content (AvgIpc) is 3.00. The van der Waals surface area contributed by atoms with Crippen molar-refractivity contribution in [2.75, 3.05) is 11.9 Å². The molecule has 14 heavy (non-hydrogen) atoms. The lowest BCUT2D eigenvalue weighted by atomic mass is 10.3. The predicted octanol–water partition coefficient (Wildman–Crippen LogP) is 1.31. The lowest BCUT2D eigenvalue weighted by molar-refractivity contribution is 0.911. The summed E-state index contributed by atoms with van der Waals surface area (Å²) < 4.78 is 0. The minimum Gasteiger partial charge on any atom is -0.388 e. The third-order valence-electron chi connectivity index (χ3n) is 2.50. The zero-order valence-corrected chi connectivity index (χ0v) is 8.92. The van der Waals surface area contributed by atoms with Crippen molar-refractivity contribution in [2.45, 2.75) is 18.9 Å². The Hall–Kier alpha value is -1.16. The fourth-order valence-electron chi connectivity index (χ4n) is 1.41. The summed E-state index contributed by atoms with van der Waals surface area (Å²) in [5.41, 5.74) is 7.29. The molecule has 0 amide bonds. The minimum absolute atomic E-state index is 0.352. The fourth-order valence-corrected chi connectivity index (χ4v) is 1.53. The average molecular weight is 207 g/mol. The van der Waals surface area contributed by atoms with Gasteiger partial charge < -0.3 is 10.6 Å².